The van der Waals surface area contributed by atoms with E-state index in [0.717, 1.165) is 38.3 Å². The molecule has 110 valence electrons. The highest BCUT2D eigenvalue weighted by Gasteiger charge is 2.46. The third kappa shape index (κ3) is 3.11. The third-order valence-electron chi connectivity index (χ3n) is 5.06. The zero-order valence-corrected chi connectivity index (χ0v) is 12.3. The number of likely N-dealkylation sites (tertiary alicyclic amines) is 1. The van der Waals surface area contributed by atoms with Crippen LogP contribution in [-0.4, -0.2) is 47.2 Å². The zero-order chi connectivity index (χ0) is 13.9. The van der Waals surface area contributed by atoms with Crippen molar-refractivity contribution < 1.29 is 9.90 Å². The van der Waals surface area contributed by atoms with Gasteiger partial charge in [-0.1, -0.05) is 20.3 Å². The van der Waals surface area contributed by atoms with Crippen molar-refractivity contribution in [3.8, 4) is 0 Å². The van der Waals surface area contributed by atoms with E-state index in [0.29, 0.717) is 6.04 Å². The fourth-order valence-electron chi connectivity index (χ4n) is 3.86. The fraction of sp³-hybridized carbons (Fsp3) is 0.933. The van der Waals surface area contributed by atoms with E-state index in [1.54, 1.807) is 0 Å². The quantitative estimate of drug-likeness (QED) is 0.801. The first-order chi connectivity index (χ1) is 9.11. The molecule has 1 aliphatic heterocycles. The molecule has 2 rings (SSSR count). The van der Waals surface area contributed by atoms with Crippen molar-refractivity contribution in [1.82, 2.24) is 10.2 Å². The van der Waals surface area contributed by atoms with Gasteiger partial charge in [0.2, 0.25) is 0 Å². The Balaban J connectivity index is 1.98. The molecule has 0 bridgehead atoms. The molecule has 19 heavy (non-hydrogen) atoms. The lowest BCUT2D eigenvalue weighted by Crippen LogP contribution is -2.52. The van der Waals surface area contributed by atoms with Gasteiger partial charge in [0.25, 0.3) is 0 Å². The van der Waals surface area contributed by atoms with E-state index in [2.05, 4.69) is 17.1 Å². The van der Waals surface area contributed by atoms with Crippen LogP contribution >= 0.6 is 0 Å². The maximum atomic E-state index is 11.6. The van der Waals surface area contributed by atoms with Gasteiger partial charge in [-0.05, 0) is 51.1 Å². The Kier molecular flexibility index (Phi) is 4.85. The number of carboxylic acid groups (broad SMARTS) is 1. The molecule has 0 aromatic carbocycles. The number of aliphatic carboxylic acids is 1. The molecule has 0 amide bonds. The summed E-state index contributed by atoms with van der Waals surface area (Å²) in [5.41, 5.74) is -0.668. The van der Waals surface area contributed by atoms with Crippen LogP contribution in [0.15, 0.2) is 0 Å². The van der Waals surface area contributed by atoms with Gasteiger partial charge in [-0.15, -0.1) is 0 Å². The van der Waals surface area contributed by atoms with Crippen LogP contribution in [-0.2, 0) is 4.79 Å². The van der Waals surface area contributed by atoms with Gasteiger partial charge in [-0.25, -0.2) is 0 Å². The molecule has 0 spiro atoms. The van der Waals surface area contributed by atoms with Crippen LogP contribution in [0.2, 0.25) is 0 Å². The Morgan fingerprint density at radius 2 is 2.21 bits per heavy atom. The normalized spacial score (nSPS) is 36.5. The standard InChI is InChI=1S/C15H28N2O2/c1-3-12-6-5-9-17(11-12)13-7-8-15(10-13,14(18)19)16-4-2/h12-13,16H,3-11H2,1-2H3,(H,18,19). The van der Waals surface area contributed by atoms with Crippen LogP contribution in [0.25, 0.3) is 0 Å². The molecule has 4 nitrogen and oxygen atoms in total. The van der Waals surface area contributed by atoms with Gasteiger partial charge in [0.05, 0.1) is 0 Å². The summed E-state index contributed by atoms with van der Waals surface area (Å²) >= 11 is 0. The van der Waals surface area contributed by atoms with Gasteiger partial charge in [0.1, 0.15) is 5.54 Å². The Morgan fingerprint density at radius 1 is 1.42 bits per heavy atom. The first-order valence-corrected chi connectivity index (χ1v) is 7.83. The van der Waals surface area contributed by atoms with Gasteiger partial charge >= 0.3 is 5.97 Å². The molecule has 4 heteroatoms. The molecule has 2 N–H and O–H groups in total. The summed E-state index contributed by atoms with van der Waals surface area (Å²) in [5, 5.41) is 12.8. The maximum absolute atomic E-state index is 11.6. The summed E-state index contributed by atoms with van der Waals surface area (Å²) in [6.07, 6.45) is 6.43. The van der Waals surface area contributed by atoms with E-state index in [1.165, 1.54) is 25.8 Å². The van der Waals surface area contributed by atoms with Crippen LogP contribution in [0, 0.1) is 5.92 Å². The molecule has 1 heterocycles. The van der Waals surface area contributed by atoms with Crippen molar-refractivity contribution in [3.63, 3.8) is 0 Å². The molecule has 1 saturated heterocycles. The minimum Gasteiger partial charge on any atom is -0.480 e. The Bertz CT molecular complexity index is 321. The van der Waals surface area contributed by atoms with Crippen LogP contribution in [0.3, 0.4) is 0 Å². The van der Waals surface area contributed by atoms with Gasteiger partial charge in [-0.3, -0.25) is 4.79 Å². The maximum Gasteiger partial charge on any atom is 0.323 e. The number of nitrogens with one attached hydrogen (secondary N) is 1. The number of nitrogens with zero attached hydrogens (tertiary/aromatic N) is 1. The predicted octanol–water partition coefficient (Wildman–Crippen LogP) is 2.09. The van der Waals surface area contributed by atoms with Crippen molar-refractivity contribution >= 4 is 5.97 Å². The van der Waals surface area contributed by atoms with E-state index in [1.807, 2.05) is 6.92 Å². The third-order valence-corrected chi connectivity index (χ3v) is 5.06. The highest BCUT2D eigenvalue weighted by Crippen LogP contribution is 2.35. The summed E-state index contributed by atoms with van der Waals surface area (Å²) in [7, 11) is 0. The highest BCUT2D eigenvalue weighted by molar-refractivity contribution is 5.79. The van der Waals surface area contributed by atoms with Gasteiger partial charge in [-0.2, -0.15) is 0 Å². The Hall–Kier alpha value is -0.610. The molecule has 3 atom stereocenters. The monoisotopic (exact) mass is 268 g/mol. The van der Waals surface area contributed by atoms with Crippen molar-refractivity contribution in [1.29, 1.82) is 0 Å². The molecule has 2 fully saturated rings. The summed E-state index contributed by atoms with van der Waals surface area (Å²) in [4.78, 5) is 14.1. The number of hydrogen-bond donors (Lipinski definition) is 2. The minimum atomic E-state index is -0.668. The van der Waals surface area contributed by atoms with Crippen molar-refractivity contribution in [2.24, 2.45) is 5.92 Å². The van der Waals surface area contributed by atoms with E-state index < -0.39 is 11.5 Å². The van der Waals surface area contributed by atoms with Crippen molar-refractivity contribution in [2.75, 3.05) is 19.6 Å². The van der Waals surface area contributed by atoms with Crippen LogP contribution < -0.4 is 5.32 Å². The fourth-order valence-corrected chi connectivity index (χ4v) is 3.86. The van der Waals surface area contributed by atoms with Crippen LogP contribution in [0.4, 0.5) is 0 Å². The summed E-state index contributed by atoms with van der Waals surface area (Å²) < 4.78 is 0. The van der Waals surface area contributed by atoms with E-state index in [9.17, 15) is 9.90 Å². The molecule has 1 aliphatic carbocycles. The number of piperidine rings is 1. The topological polar surface area (TPSA) is 52.6 Å². The number of hydrogen-bond acceptors (Lipinski definition) is 3. The number of carbonyl (C=O) groups is 1. The SMILES string of the molecule is CCNC1(C(=O)O)CCC(N2CCCC(CC)C2)C1. The van der Waals surface area contributed by atoms with Gasteiger partial charge < -0.3 is 15.3 Å². The molecule has 0 aromatic heterocycles. The number of carboxylic acids is 1. The summed E-state index contributed by atoms with van der Waals surface area (Å²) in [5.74, 6) is 0.147. The lowest BCUT2D eigenvalue weighted by Gasteiger charge is -2.37. The smallest absolute Gasteiger partial charge is 0.323 e. The first kappa shape index (κ1) is 14.8. The molecular weight excluding hydrogens is 240 g/mol. The second-order valence-electron chi connectivity index (χ2n) is 6.23. The van der Waals surface area contributed by atoms with Gasteiger partial charge in [0.15, 0.2) is 0 Å². The van der Waals surface area contributed by atoms with Crippen LogP contribution in [0.1, 0.15) is 52.4 Å². The largest absolute Gasteiger partial charge is 0.480 e. The Labute approximate surface area is 116 Å². The van der Waals surface area contributed by atoms with E-state index >= 15 is 0 Å². The van der Waals surface area contributed by atoms with Crippen molar-refractivity contribution in [3.05, 3.63) is 0 Å². The molecular formula is C15H28N2O2. The average Bonchev–Trinajstić information content (AvgIpc) is 2.85. The molecule has 0 radical (unpaired) electrons. The lowest BCUT2D eigenvalue weighted by molar-refractivity contribution is -0.144. The van der Waals surface area contributed by atoms with Gasteiger partial charge in [0, 0.05) is 12.6 Å². The molecule has 0 aromatic rings. The lowest BCUT2D eigenvalue weighted by atomic mass is 9.93. The summed E-state index contributed by atoms with van der Waals surface area (Å²) in [6.45, 7) is 7.32. The predicted molar refractivity (Wildman–Crippen MR) is 76.3 cm³/mol. The second-order valence-corrected chi connectivity index (χ2v) is 6.23. The van der Waals surface area contributed by atoms with E-state index in [-0.39, 0.29) is 0 Å². The first-order valence-electron chi connectivity index (χ1n) is 7.83. The second kappa shape index (κ2) is 6.23. The zero-order valence-electron chi connectivity index (χ0n) is 12.3. The number of likely N-dealkylation sites (N-methyl/N-ethyl adjacent to an activating group) is 1. The van der Waals surface area contributed by atoms with Crippen LogP contribution in [0.5, 0.6) is 0 Å². The molecule has 3 unspecified atom stereocenters. The summed E-state index contributed by atoms with van der Waals surface area (Å²) in [6, 6.07) is 0.462. The highest BCUT2D eigenvalue weighted by atomic mass is 16.4. The van der Waals surface area contributed by atoms with E-state index in [4.69, 9.17) is 0 Å². The average molecular weight is 268 g/mol. The molecule has 1 saturated carbocycles. The van der Waals surface area contributed by atoms with Crippen molar-refractivity contribution in [2.45, 2.75) is 64.0 Å². The molecule has 2 aliphatic rings. The number of rotatable bonds is 5. The minimum absolute atomic E-state index is 0.462. The Morgan fingerprint density at radius 3 is 2.84 bits per heavy atom.